The lowest BCUT2D eigenvalue weighted by Gasteiger charge is -2.00. The predicted molar refractivity (Wildman–Crippen MR) is 67.6 cm³/mol. The van der Waals surface area contributed by atoms with Gasteiger partial charge in [0.15, 0.2) is 0 Å². The Morgan fingerprint density at radius 3 is 2.69 bits per heavy atom. The van der Waals surface area contributed by atoms with Crippen LogP contribution < -0.4 is 5.73 Å². The SMILES string of the molecule is CCCc1c(N)n[nH]c1-c1sc(C)nc1C. The van der Waals surface area contributed by atoms with E-state index < -0.39 is 0 Å². The van der Waals surface area contributed by atoms with Crippen molar-refractivity contribution in [2.24, 2.45) is 0 Å². The summed E-state index contributed by atoms with van der Waals surface area (Å²) in [6.07, 6.45) is 2.02. The molecule has 0 spiro atoms. The Balaban J connectivity index is 2.51. The first-order valence-electron chi connectivity index (χ1n) is 5.40. The molecule has 0 saturated heterocycles. The summed E-state index contributed by atoms with van der Waals surface area (Å²) in [5.74, 6) is 0.613. The van der Waals surface area contributed by atoms with Crippen LogP contribution in [0.4, 0.5) is 5.82 Å². The lowest BCUT2D eigenvalue weighted by atomic mass is 10.1. The predicted octanol–water partition coefficient (Wildman–Crippen LogP) is 2.68. The molecule has 3 N–H and O–H groups in total. The van der Waals surface area contributed by atoms with Crippen molar-refractivity contribution < 1.29 is 0 Å². The van der Waals surface area contributed by atoms with E-state index in [4.69, 9.17) is 5.73 Å². The number of hydrogen-bond acceptors (Lipinski definition) is 4. The van der Waals surface area contributed by atoms with Gasteiger partial charge in [-0.15, -0.1) is 11.3 Å². The van der Waals surface area contributed by atoms with Crippen LogP contribution >= 0.6 is 11.3 Å². The van der Waals surface area contributed by atoms with Crippen LogP contribution in [0.25, 0.3) is 10.6 Å². The van der Waals surface area contributed by atoms with Gasteiger partial charge in [0.1, 0.15) is 5.82 Å². The highest BCUT2D eigenvalue weighted by Crippen LogP contribution is 2.33. The summed E-state index contributed by atoms with van der Waals surface area (Å²) in [4.78, 5) is 5.59. The largest absolute Gasteiger partial charge is 0.382 e. The Labute approximate surface area is 98.9 Å². The molecule has 0 atom stereocenters. The van der Waals surface area contributed by atoms with Crippen molar-refractivity contribution in [3.63, 3.8) is 0 Å². The van der Waals surface area contributed by atoms with Gasteiger partial charge >= 0.3 is 0 Å². The molecule has 86 valence electrons. The molecular weight excluding hydrogens is 220 g/mol. The number of thiazole rings is 1. The zero-order chi connectivity index (χ0) is 11.7. The molecule has 0 unspecified atom stereocenters. The number of nitrogens with two attached hydrogens (primary N) is 1. The third-order valence-corrected chi connectivity index (χ3v) is 3.62. The van der Waals surface area contributed by atoms with Gasteiger partial charge < -0.3 is 5.73 Å². The highest BCUT2D eigenvalue weighted by atomic mass is 32.1. The molecule has 2 heterocycles. The first kappa shape index (κ1) is 11.1. The van der Waals surface area contributed by atoms with Crippen LogP contribution in [0.2, 0.25) is 0 Å². The minimum atomic E-state index is 0.613. The number of H-pyrrole nitrogens is 1. The number of aromatic amines is 1. The fraction of sp³-hybridized carbons (Fsp3) is 0.455. The third kappa shape index (κ3) is 1.82. The van der Waals surface area contributed by atoms with Crippen molar-refractivity contribution in [1.29, 1.82) is 0 Å². The molecule has 0 aliphatic heterocycles. The first-order chi connectivity index (χ1) is 7.63. The summed E-state index contributed by atoms with van der Waals surface area (Å²) in [7, 11) is 0. The number of anilines is 1. The molecule has 5 heteroatoms. The molecular formula is C11H16N4S. The Morgan fingerprint density at radius 2 is 2.12 bits per heavy atom. The zero-order valence-electron chi connectivity index (χ0n) is 9.79. The molecule has 0 fully saturated rings. The fourth-order valence-corrected chi connectivity index (χ4v) is 2.78. The summed E-state index contributed by atoms with van der Waals surface area (Å²) < 4.78 is 0. The smallest absolute Gasteiger partial charge is 0.149 e. The number of nitrogens with zero attached hydrogens (tertiary/aromatic N) is 2. The van der Waals surface area contributed by atoms with Crippen LogP contribution in [0, 0.1) is 13.8 Å². The van der Waals surface area contributed by atoms with Gasteiger partial charge in [0.2, 0.25) is 0 Å². The lowest BCUT2D eigenvalue weighted by Crippen LogP contribution is -1.92. The average Bonchev–Trinajstić information content (AvgIpc) is 2.73. The van der Waals surface area contributed by atoms with Crippen molar-refractivity contribution in [2.75, 3.05) is 5.73 Å². The monoisotopic (exact) mass is 236 g/mol. The van der Waals surface area contributed by atoms with E-state index in [0.717, 1.165) is 39.7 Å². The van der Waals surface area contributed by atoms with Gasteiger partial charge in [-0.2, -0.15) is 5.10 Å². The Morgan fingerprint density at radius 1 is 1.38 bits per heavy atom. The number of nitrogen functional groups attached to an aromatic ring is 1. The summed E-state index contributed by atoms with van der Waals surface area (Å²) in [6, 6.07) is 0. The van der Waals surface area contributed by atoms with Crippen LogP contribution in [-0.2, 0) is 6.42 Å². The van der Waals surface area contributed by atoms with Gasteiger partial charge in [0.05, 0.1) is 21.3 Å². The van der Waals surface area contributed by atoms with E-state index in [1.807, 2.05) is 13.8 Å². The van der Waals surface area contributed by atoms with Gasteiger partial charge in [0, 0.05) is 5.56 Å². The fourth-order valence-electron chi connectivity index (χ4n) is 1.83. The maximum absolute atomic E-state index is 5.86. The minimum absolute atomic E-state index is 0.613. The molecule has 4 nitrogen and oxygen atoms in total. The first-order valence-corrected chi connectivity index (χ1v) is 6.22. The van der Waals surface area contributed by atoms with Gasteiger partial charge in [0.25, 0.3) is 0 Å². The van der Waals surface area contributed by atoms with Crippen molar-refractivity contribution >= 4 is 17.2 Å². The molecule has 2 aromatic rings. The molecule has 0 amide bonds. The van der Waals surface area contributed by atoms with E-state index in [1.165, 1.54) is 0 Å². The quantitative estimate of drug-likeness (QED) is 0.861. The van der Waals surface area contributed by atoms with Crippen molar-refractivity contribution in [1.82, 2.24) is 15.2 Å². The van der Waals surface area contributed by atoms with E-state index in [0.29, 0.717) is 5.82 Å². The lowest BCUT2D eigenvalue weighted by molar-refractivity contribution is 0.927. The van der Waals surface area contributed by atoms with E-state index in [1.54, 1.807) is 11.3 Å². The van der Waals surface area contributed by atoms with Crippen molar-refractivity contribution in [3.05, 3.63) is 16.3 Å². The number of aromatic nitrogens is 3. The summed E-state index contributed by atoms with van der Waals surface area (Å²) >= 11 is 1.68. The second kappa shape index (κ2) is 4.25. The van der Waals surface area contributed by atoms with Crippen molar-refractivity contribution in [3.8, 4) is 10.6 Å². The maximum Gasteiger partial charge on any atom is 0.149 e. The molecule has 0 aromatic carbocycles. The average molecular weight is 236 g/mol. The normalized spacial score (nSPS) is 10.9. The van der Waals surface area contributed by atoms with Crippen molar-refractivity contribution in [2.45, 2.75) is 33.6 Å². The van der Waals surface area contributed by atoms with Gasteiger partial charge in [-0.05, 0) is 20.3 Å². The van der Waals surface area contributed by atoms with E-state index in [9.17, 15) is 0 Å². The highest BCUT2D eigenvalue weighted by Gasteiger charge is 2.16. The Bertz CT molecular complexity index is 498. The van der Waals surface area contributed by atoms with Crippen LogP contribution in [0.3, 0.4) is 0 Å². The van der Waals surface area contributed by atoms with Crippen LogP contribution in [0.5, 0.6) is 0 Å². The minimum Gasteiger partial charge on any atom is -0.382 e. The molecule has 16 heavy (non-hydrogen) atoms. The summed E-state index contributed by atoms with van der Waals surface area (Å²) in [6.45, 7) is 6.17. The maximum atomic E-state index is 5.86. The van der Waals surface area contributed by atoms with Crippen LogP contribution in [0.1, 0.15) is 29.6 Å². The standard InChI is InChI=1S/C11H16N4S/c1-4-5-8-9(14-15-11(8)12)10-6(2)13-7(3)16-10/h4-5H2,1-3H3,(H3,12,14,15). The van der Waals surface area contributed by atoms with Crippen LogP contribution in [0.15, 0.2) is 0 Å². The molecule has 0 radical (unpaired) electrons. The molecule has 0 bridgehead atoms. The van der Waals surface area contributed by atoms with E-state index in [2.05, 4.69) is 22.1 Å². The number of hydrogen-bond donors (Lipinski definition) is 2. The van der Waals surface area contributed by atoms with Crippen LogP contribution in [-0.4, -0.2) is 15.2 Å². The molecule has 2 rings (SSSR count). The third-order valence-electron chi connectivity index (χ3n) is 2.53. The summed E-state index contributed by atoms with van der Waals surface area (Å²) in [5, 5.41) is 8.19. The number of rotatable bonds is 3. The zero-order valence-corrected chi connectivity index (χ0v) is 10.6. The summed E-state index contributed by atoms with van der Waals surface area (Å²) in [5.41, 5.74) is 9.07. The van der Waals surface area contributed by atoms with Gasteiger partial charge in [-0.25, -0.2) is 4.98 Å². The molecule has 2 aromatic heterocycles. The van der Waals surface area contributed by atoms with E-state index >= 15 is 0 Å². The Kier molecular flexibility index (Phi) is 2.96. The highest BCUT2D eigenvalue weighted by molar-refractivity contribution is 7.15. The number of aryl methyl sites for hydroxylation is 2. The number of nitrogens with one attached hydrogen (secondary N) is 1. The van der Waals surface area contributed by atoms with Gasteiger partial charge in [-0.1, -0.05) is 13.3 Å². The molecule has 0 aliphatic rings. The molecule has 0 aliphatic carbocycles. The second-order valence-electron chi connectivity index (χ2n) is 3.86. The Hall–Kier alpha value is -1.36. The topological polar surface area (TPSA) is 67.6 Å². The molecule has 0 saturated carbocycles. The van der Waals surface area contributed by atoms with Gasteiger partial charge in [-0.3, -0.25) is 5.10 Å². The van der Waals surface area contributed by atoms with E-state index in [-0.39, 0.29) is 0 Å². The second-order valence-corrected chi connectivity index (χ2v) is 5.06.